The van der Waals surface area contributed by atoms with Crippen LogP contribution in [0.25, 0.3) is 5.69 Å². The van der Waals surface area contributed by atoms with E-state index in [1.54, 1.807) is 0 Å². The third kappa shape index (κ3) is 4.52. The highest BCUT2D eigenvalue weighted by molar-refractivity contribution is 6.33. The summed E-state index contributed by atoms with van der Waals surface area (Å²) >= 11 is 5.88. The Kier molecular flexibility index (Phi) is 5.70. The van der Waals surface area contributed by atoms with Crippen molar-refractivity contribution >= 4 is 23.2 Å². The minimum Gasteiger partial charge on any atom is -0.463 e. The van der Waals surface area contributed by atoms with Crippen molar-refractivity contribution in [1.82, 2.24) is 9.78 Å². The molecule has 0 saturated heterocycles. The van der Waals surface area contributed by atoms with Crippen molar-refractivity contribution in [2.24, 2.45) is 0 Å². The third-order valence-electron chi connectivity index (χ3n) is 3.70. The van der Waals surface area contributed by atoms with Crippen LogP contribution < -0.4 is 15.6 Å². The largest absolute Gasteiger partial charge is 0.463 e. The van der Waals surface area contributed by atoms with E-state index >= 15 is 0 Å². The zero-order valence-electron chi connectivity index (χ0n) is 14.5. The fourth-order valence-electron chi connectivity index (χ4n) is 2.28. The molecule has 0 spiro atoms. The van der Waals surface area contributed by atoms with Crippen LogP contribution in [0.4, 0.5) is 14.5 Å². The molecule has 0 aliphatic rings. The number of rotatable bonds is 5. The van der Waals surface area contributed by atoms with E-state index < -0.39 is 29.2 Å². The zero-order valence-corrected chi connectivity index (χ0v) is 15.3. The minimum absolute atomic E-state index is 0.0109. The molecule has 3 rings (SSSR count). The molecule has 0 bridgehead atoms. The van der Waals surface area contributed by atoms with Crippen LogP contribution in [0.3, 0.4) is 0 Å². The number of carbonyl (C=O) groups is 1. The molecule has 1 unspecified atom stereocenters. The van der Waals surface area contributed by atoms with Crippen molar-refractivity contribution in [1.29, 1.82) is 0 Å². The first-order valence-electron chi connectivity index (χ1n) is 8.12. The summed E-state index contributed by atoms with van der Waals surface area (Å²) in [6.07, 6.45) is -0.993. The standard InChI is InChI=1S/C19H14ClF2N3O3/c1-11(19(27)23-16-7-4-13(22)10-15(16)20)28-17-8-9-18(26)25(24-17)14-5-2-12(21)3-6-14/h2-11H,1H3,(H,23,27). The van der Waals surface area contributed by atoms with Crippen molar-refractivity contribution in [3.8, 4) is 11.6 Å². The fraction of sp³-hybridized carbons (Fsp3) is 0.105. The van der Waals surface area contributed by atoms with Gasteiger partial charge in [-0.25, -0.2) is 8.78 Å². The topological polar surface area (TPSA) is 73.2 Å². The number of nitrogens with one attached hydrogen (secondary N) is 1. The summed E-state index contributed by atoms with van der Waals surface area (Å²) in [6, 6.07) is 11.3. The van der Waals surface area contributed by atoms with E-state index in [4.69, 9.17) is 16.3 Å². The Hall–Kier alpha value is -3.26. The van der Waals surface area contributed by atoms with Crippen molar-refractivity contribution in [3.63, 3.8) is 0 Å². The first kappa shape index (κ1) is 19.5. The molecule has 9 heteroatoms. The summed E-state index contributed by atoms with van der Waals surface area (Å²) in [5, 5.41) is 6.60. The molecule has 1 heterocycles. The van der Waals surface area contributed by atoms with E-state index in [-0.39, 0.29) is 16.6 Å². The van der Waals surface area contributed by atoms with Gasteiger partial charge in [0.1, 0.15) is 11.6 Å². The van der Waals surface area contributed by atoms with E-state index in [0.29, 0.717) is 5.69 Å². The first-order valence-corrected chi connectivity index (χ1v) is 8.50. The van der Waals surface area contributed by atoms with Gasteiger partial charge in [0.2, 0.25) is 5.88 Å². The lowest BCUT2D eigenvalue weighted by Gasteiger charge is -2.15. The van der Waals surface area contributed by atoms with Crippen LogP contribution in [-0.2, 0) is 4.79 Å². The van der Waals surface area contributed by atoms with Gasteiger partial charge in [-0.2, -0.15) is 4.68 Å². The Morgan fingerprint density at radius 2 is 1.79 bits per heavy atom. The van der Waals surface area contributed by atoms with Crippen LogP contribution in [-0.4, -0.2) is 21.8 Å². The van der Waals surface area contributed by atoms with Crippen LogP contribution >= 0.6 is 11.6 Å². The maximum atomic E-state index is 13.1. The second-order valence-corrected chi connectivity index (χ2v) is 6.18. The summed E-state index contributed by atoms with van der Waals surface area (Å²) in [5.74, 6) is -1.51. The fourth-order valence-corrected chi connectivity index (χ4v) is 2.50. The Morgan fingerprint density at radius 3 is 2.46 bits per heavy atom. The number of hydrogen-bond acceptors (Lipinski definition) is 4. The van der Waals surface area contributed by atoms with Crippen LogP contribution in [0.1, 0.15) is 6.92 Å². The molecule has 0 aliphatic carbocycles. The van der Waals surface area contributed by atoms with Gasteiger partial charge in [-0.15, -0.1) is 5.10 Å². The summed E-state index contributed by atoms with van der Waals surface area (Å²) in [7, 11) is 0. The number of hydrogen-bond donors (Lipinski definition) is 1. The summed E-state index contributed by atoms with van der Waals surface area (Å²) in [6.45, 7) is 1.47. The van der Waals surface area contributed by atoms with E-state index in [2.05, 4.69) is 10.4 Å². The average molecular weight is 406 g/mol. The first-order chi connectivity index (χ1) is 13.3. The predicted octanol–water partition coefficient (Wildman–Crippen LogP) is 3.57. The second-order valence-electron chi connectivity index (χ2n) is 5.77. The van der Waals surface area contributed by atoms with Gasteiger partial charge in [0.15, 0.2) is 6.10 Å². The molecular formula is C19H14ClF2N3O3. The summed E-state index contributed by atoms with van der Waals surface area (Å²) in [5.41, 5.74) is 0.119. The van der Waals surface area contributed by atoms with Gasteiger partial charge in [-0.05, 0) is 49.4 Å². The Morgan fingerprint density at radius 1 is 1.11 bits per heavy atom. The Labute approximate surface area is 163 Å². The molecule has 0 saturated carbocycles. The molecule has 0 radical (unpaired) electrons. The lowest BCUT2D eigenvalue weighted by molar-refractivity contribution is -0.122. The van der Waals surface area contributed by atoms with E-state index in [9.17, 15) is 18.4 Å². The molecule has 1 aromatic heterocycles. The highest BCUT2D eigenvalue weighted by Crippen LogP contribution is 2.22. The lowest BCUT2D eigenvalue weighted by atomic mass is 10.3. The smallest absolute Gasteiger partial charge is 0.271 e. The molecule has 1 N–H and O–H groups in total. The van der Waals surface area contributed by atoms with Gasteiger partial charge in [-0.1, -0.05) is 11.6 Å². The maximum absolute atomic E-state index is 13.1. The second kappa shape index (κ2) is 8.18. The third-order valence-corrected chi connectivity index (χ3v) is 4.02. The predicted molar refractivity (Wildman–Crippen MR) is 99.9 cm³/mol. The molecule has 1 atom stereocenters. The number of anilines is 1. The van der Waals surface area contributed by atoms with Crippen molar-refractivity contribution in [2.45, 2.75) is 13.0 Å². The number of benzene rings is 2. The molecular weight excluding hydrogens is 392 g/mol. The minimum atomic E-state index is -0.993. The molecule has 6 nitrogen and oxygen atoms in total. The molecule has 1 amide bonds. The molecule has 28 heavy (non-hydrogen) atoms. The summed E-state index contributed by atoms with van der Waals surface area (Å²) in [4.78, 5) is 24.3. The lowest BCUT2D eigenvalue weighted by Crippen LogP contribution is -2.31. The summed E-state index contributed by atoms with van der Waals surface area (Å²) < 4.78 is 32.7. The van der Waals surface area contributed by atoms with Gasteiger partial charge < -0.3 is 10.1 Å². The van der Waals surface area contributed by atoms with E-state index in [1.807, 2.05) is 0 Å². The van der Waals surface area contributed by atoms with Crippen LogP contribution in [0.15, 0.2) is 59.4 Å². The van der Waals surface area contributed by atoms with E-state index in [1.165, 1.54) is 49.4 Å². The number of amides is 1. The highest BCUT2D eigenvalue weighted by Gasteiger charge is 2.17. The molecule has 2 aromatic carbocycles. The Balaban J connectivity index is 1.75. The molecule has 0 aliphatic heterocycles. The van der Waals surface area contributed by atoms with Crippen molar-refractivity contribution in [3.05, 3.63) is 81.6 Å². The van der Waals surface area contributed by atoms with Gasteiger partial charge in [-0.3, -0.25) is 9.59 Å². The number of nitrogens with zero attached hydrogens (tertiary/aromatic N) is 2. The number of carbonyl (C=O) groups excluding carboxylic acids is 1. The average Bonchev–Trinajstić information content (AvgIpc) is 2.66. The van der Waals surface area contributed by atoms with E-state index in [0.717, 1.165) is 16.8 Å². The normalized spacial score (nSPS) is 11.7. The Bertz CT molecular complexity index is 1070. The molecule has 3 aromatic rings. The van der Waals surface area contributed by atoms with Gasteiger partial charge in [0, 0.05) is 12.1 Å². The van der Waals surface area contributed by atoms with Crippen molar-refractivity contribution in [2.75, 3.05) is 5.32 Å². The van der Waals surface area contributed by atoms with Crippen LogP contribution in [0, 0.1) is 11.6 Å². The number of halogens is 3. The number of ether oxygens (including phenoxy) is 1. The molecule has 144 valence electrons. The quantitative estimate of drug-likeness (QED) is 0.704. The van der Waals surface area contributed by atoms with Gasteiger partial charge >= 0.3 is 0 Å². The maximum Gasteiger partial charge on any atom is 0.271 e. The zero-order chi connectivity index (χ0) is 20.3. The SMILES string of the molecule is CC(Oc1ccc(=O)n(-c2ccc(F)cc2)n1)C(=O)Nc1ccc(F)cc1Cl. The van der Waals surface area contributed by atoms with Gasteiger partial charge in [0.05, 0.1) is 16.4 Å². The number of aromatic nitrogens is 2. The van der Waals surface area contributed by atoms with Crippen LogP contribution in [0.2, 0.25) is 5.02 Å². The van der Waals surface area contributed by atoms with Crippen molar-refractivity contribution < 1.29 is 18.3 Å². The van der Waals surface area contributed by atoms with Crippen LogP contribution in [0.5, 0.6) is 5.88 Å². The van der Waals surface area contributed by atoms with Gasteiger partial charge in [0.25, 0.3) is 11.5 Å². The highest BCUT2D eigenvalue weighted by atomic mass is 35.5. The monoisotopic (exact) mass is 405 g/mol. The molecule has 0 fully saturated rings.